The lowest BCUT2D eigenvalue weighted by atomic mass is 9.96. The fourth-order valence-corrected chi connectivity index (χ4v) is 4.59. The highest BCUT2D eigenvalue weighted by atomic mass is 127. The maximum Gasteiger partial charge on any atom is 0.192 e. The van der Waals surface area contributed by atoms with Crippen LogP contribution >= 0.6 is 35.7 Å². The zero-order valence-corrected chi connectivity index (χ0v) is 19.3. The first kappa shape index (κ1) is 21.8. The van der Waals surface area contributed by atoms with Gasteiger partial charge in [0.25, 0.3) is 0 Å². The first-order valence-electron chi connectivity index (χ1n) is 9.61. The van der Waals surface area contributed by atoms with E-state index in [0.717, 1.165) is 22.9 Å². The Labute approximate surface area is 178 Å². The van der Waals surface area contributed by atoms with Crippen LogP contribution in [0.25, 0.3) is 0 Å². The van der Waals surface area contributed by atoms with E-state index in [2.05, 4.69) is 27.1 Å². The molecule has 3 rings (SSSR count). The molecule has 1 heterocycles. The van der Waals surface area contributed by atoms with Crippen LogP contribution in [0.15, 0.2) is 4.99 Å². The Hall–Kier alpha value is -0.510. The molecule has 2 aliphatic rings. The summed E-state index contributed by atoms with van der Waals surface area (Å²) in [4.78, 5) is 4.84. The molecule has 1 aromatic heterocycles. The molecule has 8 heteroatoms. The molecule has 0 aromatic carbocycles. The highest BCUT2D eigenvalue weighted by molar-refractivity contribution is 14.0. The first-order chi connectivity index (χ1) is 12.2. The largest absolute Gasteiger partial charge is 0.354 e. The van der Waals surface area contributed by atoms with Crippen LogP contribution in [0.5, 0.6) is 0 Å². The molecule has 2 N–H and O–H groups in total. The molecule has 2 aliphatic carbocycles. The third-order valence-electron chi connectivity index (χ3n) is 5.57. The number of hydrogen-bond acceptors (Lipinski definition) is 4. The van der Waals surface area contributed by atoms with E-state index in [1.165, 1.54) is 51.4 Å². The molecule has 148 valence electrons. The van der Waals surface area contributed by atoms with Crippen molar-refractivity contribution in [3.05, 3.63) is 11.6 Å². The lowest BCUT2D eigenvalue weighted by Crippen LogP contribution is -2.47. The molecular weight excluding hydrogens is 459 g/mol. The molecule has 0 radical (unpaired) electrons. The zero-order valence-electron chi connectivity index (χ0n) is 16.2. The topological polar surface area (TPSA) is 67.1 Å². The van der Waals surface area contributed by atoms with E-state index >= 15 is 0 Å². The molecule has 2 unspecified atom stereocenters. The van der Waals surface area contributed by atoms with E-state index in [0.29, 0.717) is 18.6 Å². The molecule has 2 fully saturated rings. The minimum Gasteiger partial charge on any atom is -0.354 e. The second-order valence-electron chi connectivity index (χ2n) is 7.38. The lowest BCUT2D eigenvalue weighted by Gasteiger charge is -2.26. The van der Waals surface area contributed by atoms with Crippen molar-refractivity contribution in [2.24, 2.45) is 12.0 Å². The van der Waals surface area contributed by atoms with Crippen LogP contribution in [0, 0.1) is 6.92 Å². The summed E-state index contributed by atoms with van der Waals surface area (Å²) in [5.41, 5.74) is 0. The average Bonchev–Trinajstić information content (AvgIpc) is 3.21. The summed E-state index contributed by atoms with van der Waals surface area (Å²) in [6, 6.07) is 1.09. The average molecular weight is 492 g/mol. The Morgan fingerprint density at radius 2 is 1.85 bits per heavy atom. The summed E-state index contributed by atoms with van der Waals surface area (Å²) in [5, 5.41) is 16.5. The van der Waals surface area contributed by atoms with Crippen molar-refractivity contribution in [2.45, 2.75) is 82.2 Å². The number of nitrogens with one attached hydrogen (secondary N) is 2. The van der Waals surface area contributed by atoms with Crippen molar-refractivity contribution >= 4 is 41.7 Å². The maximum absolute atomic E-state index is 4.84. The Bertz CT molecular complexity index is 584. The monoisotopic (exact) mass is 492 g/mol. The minimum atomic E-state index is 0. The van der Waals surface area contributed by atoms with Gasteiger partial charge in [-0.05, 0) is 45.3 Å². The van der Waals surface area contributed by atoms with Crippen LogP contribution < -0.4 is 10.6 Å². The molecule has 0 bridgehead atoms. The first-order valence-corrected chi connectivity index (χ1v) is 10.9. The molecule has 1 aromatic rings. The fraction of sp³-hybridized carbons (Fsp3) is 0.833. The summed E-state index contributed by atoms with van der Waals surface area (Å²) in [5.74, 6) is 2.80. The van der Waals surface area contributed by atoms with Gasteiger partial charge in [0.1, 0.15) is 12.4 Å². The van der Waals surface area contributed by atoms with Gasteiger partial charge in [0.15, 0.2) is 11.8 Å². The van der Waals surface area contributed by atoms with Gasteiger partial charge in [0, 0.05) is 24.4 Å². The summed E-state index contributed by atoms with van der Waals surface area (Å²) in [6.45, 7) is 2.54. The van der Waals surface area contributed by atoms with E-state index in [1.54, 1.807) is 0 Å². The van der Waals surface area contributed by atoms with Crippen LogP contribution in [-0.2, 0) is 13.6 Å². The molecule has 0 saturated heterocycles. The van der Waals surface area contributed by atoms with Crippen molar-refractivity contribution < 1.29 is 0 Å². The van der Waals surface area contributed by atoms with Gasteiger partial charge in [-0.2, -0.15) is 11.8 Å². The van der Waals surface area contributed by atoms with Crippen LogP contribution in [-0.4, -0.2) is 44.3 Å². The van der Waals surface area contributed by atoms with Gasteiger partial charge in [0.05, 0.1) is 0 Å². The SMILES string of the molecule is CSC1CCC(NC(=NCc2nnc(C)n2C)NC2CCCCC2)C1.I. The van der Waals surface area contributed by atoms with Gasteiger partial charge in [-0.15, -0.1) is 34.2 Å². The smallest absolute Gasteiger partial charge is 0.192 e. The Balaban J connectivity index is 0.00000243. The van der Waals surface area contributed by atoms with E-state index in [4.69, 9.17) is 4.99 Å². The number of aryl methyl sites for hydroxylation is 1. The molecule has 0 spiro atoms. The van der Waals surface area contributed by atoms with Gasteiger partial charge in [-0.3, -0.25) is 0 Å². The highest BCUT2D eigenvalue weighted by Gasteiger charge is 2.25. The van der Waals surface area contributed by atoms with Crippen molar-refractivity contribution in [1.29, 1.82) is 0 Å². The van der Waals surface area contributed by atoms with E-state index in [1.807, 2.05) is 30.3 Å². The predicted octanol–water partition coefficient (Wildman–Crippen LogP) is 3.39. The minimum absolute atomic E-state index is 0. The highest BCUT2D eigenvalue weighted by Crippen LogP contribution is 2.28. The van der Waals surface area contributed by atoms with Gasteiger partial charge in [-0.25, -0.2) is 4.99 Å². The normalized spacial score (nSPS) is 24.3. The van der Waals surface area contributed by atoms with Gasteiger partial charge in [-0.1, -0.05) is 19.3 Å². The number of aromatic nitrogens is 3. The number of thioether (sulfide) groups is 1. The molecule has 0 amide bonds. The fourth-order valence-electron chi connectivity index (χ4n) is 3.79. The zero-order chi connectivity index (χ0) is 17.6. The standard InChI is InChI=1S/C18H32N6S.HI/c1-13-22-23-17(24(13)2)12-19-18(20-14-7-5-4-6-8-14)21-15-9-10-16(11-15)25-3;/h14-16H,4-12H2,1-3H3,(H2,19,20,21);1H. The Morgan fingerprint density at radius 3 is 2.46 bits per heavy atom. The van der Waals surface area contributed by atoms with Crippen LogP contribution in [0.3, 0.4) is 0 Å². The van der Waals surface area contributed by atoms with Gasteiger partial charge in [0.2, 0.25) is 0 Å². The number of hydrogen-bond donors (Lipinski definition) is 2. The Morgan fingerprint density at radius 1 is 1.12 bits per heavy atom. The van der Waals surface area contributed by atoms with Crippen LogP contribution in [0.2, 0.25) is 0 Å². The van der Waals surface area contributed by atoms with Crippen LogP contribution in [0.1, 0.15) is 63.0 Å². The molecule has 26 heavy (non-hydrogen) atoms. The van der Waals surface area contributed by atoms with Gasteiger partial charge < -0.3 is 15.2 Å². The number of halogens is 1. The summed E-state index contributed by atoms with van der Waals surface area (Å²) in [7, 11) is 2.00. The van der Waals surface area contributed by atoms with E-state index in [-0.39, 0.29) is 24.0 Å². The second-order valence-corrected chi connectivity index (χ2v) is 8.52. The second kappa shape index (κ2) is 10.7. The quantitative estimate of drug-likeness (QED) is 0.375. The summed E-state index contributed by atoms with van der Waals surface area (Å²) >= 11 is 1.99. The summed E-state index contributed by atoms with van der Waals surface area (Å²) in [6.07, 6.45) is 12.5. The number of rotatable bonds is 5. The third kappa shape index (κ3) is 6.00. The maximum atomic E-state index is 4.84. The molecule has 0 aliphatic heterocycles. The van der Waals surface area contributed by atoms with Crippen LogP contribution in [0.4, 0.5) is 0 Å². The van der Waals surface area contributed by atoms with E-state index in [9.17, 15) is 0 Å². The number of aliphatic imine (C=N–C) groups is 1. The number of guanidine groups is 1. The van der Waals surface area contributed by atoms with Crippen molar-refractivity contribution in [1.82, 2.24) is 25.4 Å². The van der Waals surface area contributed by atoms with Crippen molar-refractivity contribution in [3.63, 3.8) is 0 Å². The van der Waals surface area contributed by atoms with Crippen molar-refractivity contribution in [3.8, 4) is 0 Å². The lowest BCUT2D eigenvalue weighted by molar-refractivity contribution is 0.407. The predicted molar refractivity (Wildman–Crippen MR) is 120 cm³/mol. The molecule has 2 saturated carbocycles. The van der Waals surface area contributed by atoms with Crippen molar-refractivity contribution in [2.75, 3.05) is 6.26 Å². The Kier molecular flexibility index (Phi) is 8.99. The molecule has 6 nitrogen and oxygen atoms in total. The third-order valence-corrected chi connectivity index (χ3v) is 6.66. The molecule has 2 atom stereocenters. The van der Waals surface area contributed by atoms with Gasteiger partial charge >= 0.3 is 0 Å². The number of nitrogens with zero attached hydrogens (tertiary/aromatic N) is 4. The van der Waals surface area contributed by atoms with E-state index < -0.39 is 0 Å². The molecular formula is C18H33IN6S. The summed E-state index contributed by atoms with van der Waals surface area (Å²) < 4.78 is 2.01.